The fraction of sp³-hybridized carbons (Fsp3) is 0.571. The Morgan fingerprint density at radius 3 is 2.67 bits per heavy atom. The molecule has 98 valence electrons. The van der Waals surface area contributed by atoms with E-state index >= 15 is 0 Å². The summed E-state index contributed by atoms with van der Waals surface area (Å²) >= 11 is 0. The van der Waals surface area contributed by atoms with Gasteiger partial charge in [-0.05, 0) is 25.1 Å². The minimum absolute atomic E-state index is 0.261. The van der Waals surface area contributed by atoms with E-state index in [-0.39, 0.29) is 5.91 Å². The van der Waals surface area contributed by atoms with E-state index in [9.17, 15) is 4.79 Å². The average Bonchev–Trinajstić information content (AvgIpc) is 2.46. The second kappa shape index (κ2) is 6.50. The quantitative estimate of drug-likeness (QED) is 0.801. The molecule has 1 fully saturated rings. The molecule has 4 nitrogen and oxygen atoms in total. The molecule has 0 bridgehead atoms. The SMILES string of the molecule is CCN1CCN(C(=O)CCc2ccccn2)CC1. The Bertz CT molecular complexity index is 372. The summed E-state index contributed by atoms with van der Waals surface area (Å²) in [6, 6.07) is 5.84. The monoisotopic (exact) mass is 247 g/mol. The molecule has 1 aliphatic rings. The van der Waals surface area contributed by atoms with Crippen molar-refractivity contribution in [3.8, 4) is 0 Å². The first-order valence-corrected chi connectivity index (χ1v) is 6.69. The van der Waals surface area contributed by atoms with Crippen LogP contribution < -0.4 is 0 Å². The van der Waals surface area contributed by atoms with Gasteiger partial charge in [0.25, 0.3) is 0 Å². The number of pyridine rings is 1. The number of amides is 1. The summed E-state index contributed by atoms with van der Waals surface area (Å²) in [4.78, 5) is 20.6. The summed E-state index contributed by atoms with van der Waals surface area (Å²) in [5.74, 6) is 0.261. The van der Waals surface area contributed by atoms with E-state index in [0.29, 0.717) is 6.42 Å². The van der Waals surface area contributed by atoms with Crippen LogP contribution in [-0.2, 0) is 11.2 Å². The maximum Gasteiger partial charge on any atom is 0.223 e. The van der Waals surface area contributed by atoms with Crippen LogP contribution in [-0.4, -0.2) is 53.4 Å². The standard InChI is InChI=1S/C14H21N3O/c1-2-16-9-11-17(12-10-16)14(18)7-6-13-5-3-4-8-15-13/h3-5,8H,2,6-7,9-12H2,1H3. The molecule has 0 unspecified atom stereocenters. The van der Waals surface area contributed by atoms with Crippen molar-refractivity contribution in [3.63, 3.8) is 0 Å². The summed E-state index contributed by atoms with van der Waals surface area (Å²) in [5.41, 5.74) is 0.998. The fourth-order valence-electron chi connectivity index (χ4n) is 2.25. The molecule has 0 spiro atoms. The summed E-state index contributed by atoms with van der Waals surface area (Å²) < 4.78 is 0. The van der Waals surface area contributed by atoms with Gasteiger partial charge < -0.3 is 9.80 Å². The van der Waals surface area contributed by atoms with Crippen LogP contribution in [0, 0.1) is 0 Å². The normalized spacial score (nSPS) is 16.8. The molecule has 0 N–H and O–H groups in total. The first-order chi connectivity index (χ1) is 8.79. The van der Waals surface area contributed by atoms with E-state index < -0.39 is 0 Å². The van der Waals surface area contributed by atoms with Crippen LogP contribution in [0.1, 0.15) is 19.0 Å². The van der Waals surface area contributed by atoms with Crippen LogP contribution in [0.3, 0.4) is 0 Å². The zero-order valence-corrected chi connectivity index (χ0v) is 11.0. The van der Waals surface area contributed by atoms with Crippen molar-refractivity contribution >= 4 is 5.91 Å². The van der Waals surface area contributed by atoms with Crippen LogP contribution in [0.5, 0.6) is 0 Å². The van der Waals surface area contributed by atoms with Gasteiger partial charge in [0.15, 0.2) is 0 Å². The van der Waals surface area contributed by atoms with E-state index in [1.165, 1.54) is 0 Å². The molecule has 1 aromatic heterocycles. The highest BCUT2D eigenvalue weighted by Gasteiger charge is 2.19. The van der Waals surface area contributed by atoms with Crippen LogP contribution in [0.15, 0.2) is 24.4 Å². The summed E-state index contributed by atoms with van der Waals surface area (Å²) in [6.07, 6.45) is 3.09. The zero-order chi connectivity index (χ0) is 12.8. The number of nitrogens with zero attached hydrogens (tertiary/aromatic N) is 3. The van der Waals surface area contributed by atoms with Gasteiger partial charge in [-0.3, -0.25) is 9.78 Å². The van der Waals surface area contributed by atoms with Gasteiger partial charge in [-0.25, -0.2) is 0 Å². The van der Waals surface area contributed by atoms with Gasteiger partial charge >= 0.3 is 0 Å². The summed E-state index contributed by atoms with van der Waals surface area (Å²) in [5, 5.41) is 0. The Balaban J connectivity index is 1.75. The molecule has 0 aromatic carbocycles. The molecule has 18 heavy (non-hydrogen) atoms. The predicted octanol–water partition coefficient (Wildman–Crippen LogP) is 1.18. The minimum atomic E-state index is 0.261. The van der Waals surface area contributed by atoms with Gasteiger partial charge in [-0.15, -0.1) is 0 Å². The number of rotatable bonds is 4. The van der Waals surface area contributed by atoms with E-state index in [4.69, 9.17) is 0 Å². The lowest BCUT2D eigenvalue weighted by atomic mass is 10.2. The van der Waals surface area contributed by atoms with Gasteiger partial charge in [0.05, 0.1) is 0 Å². The van der Waals surface area contributed by atoms with Gasteiger partial charge in [0.1, 0.15) is 0 Å². The minimum Gasteiger partial charge on any atom is -0.340 e. The molecule has 0 radical (unpaired) electrons. The maximum absolute atomic E-state index is 12.0. The molecule has 1 aromatic rings. The van der Waals surface area contributed by atoms with Crippen LogP contribution >= 0.6 is 0 Å². The highest BCUT2D eigenvalue weighted by Crippen LogP contribution is 2.06. The number of aromatic nitrogens is 1. The van der Waals surface area contributed by atoms with Gasteiger partial charge in [-0.1, -0.05) is 13.0 Å². The smallest absolute Gasteiger partial charge is 0.223 e. The van der Waals surface area contributed by atoms with E-state index in [1.807, 2.05) is 23.1 Å². The molecular weight excluding hydrogens is 226 g/mol. The highest BCUT2D eigenvalue weighted by molar-refractivity contribution is 5.76. The molecule has 1 amide bonds. The highest BCUT2D eigenvalue weighted by atomic mass is 16.2. The molecule has 0 aliphatic carbocycles. The fourth-order valence-corrected chi connectivity index (χ4v) is 2.25. The van der Waals surface area contributed by atoms with E-state index in [1.54, 1.807) is 6.20 Å². The lowest BCUT2D eigenvalue weighted by Crippen LogP contribution is -2.48. The largest absolute Gasteiger partial charge is 0.340 e. The number of hydrogen-bond donors (Lipinski definition) is 0. The molecular formula is C14H21N3O. The molecule has 0 atom stereocenters. The van der Waals surface area contributed by atoms with E-state index in [2.05, 4.69) is 16.8 Å². The van der Waals surface area contributed by atoms with E-state index in [0.717, 1.165) is 44.8 Å². The summed E-state index contributed by atoms with van der Waals surface area (Å²) in [7, 11) is 0. The van der Waals surface area contributed by atoms with Crippen molar-refractivity contribution in [1.29, 1.82) is 0 Å². The summed E-state index contributed by atoms with van der Waals surface area (Å²) in [6.45, 7) is 7.00. The second-order valence-electron chi connectivity index (χ2n) is 4.64. The lowest BCUT2D eigenvalue weighted by Gasteiger charge is -2.34. The Morgan fingerprint density at radius 2 is 2.06 bits per heavy atom. The molecule has 2 rings (SSSR count). The van der Waals surface area contributed by atoms with Crippen molar-refractivity contribution in [2.24, 2.45) is 0 Å². The molecule has 1 aliphatic heterocycles. The van der Waals surface area contributed by atoms with Crippen molar-refractivity contribution in [2.75, 3.05) is 32.7 Å². The number of carbonyl (C=O) groups is 1. The number of likely N-dealkylation sites (N-methyl/N-ethyl adjacent to an activating group) is 1. The van der Waals surface area contributed by atoms with Crippen molar-refractivity contribution in [3.05, 3.63) is 30.1 Å². The second-order valence-corrected chi connectivity index (χ2v) is 4.64. The van der Waals surface area contributed by atoms with Gasteiger partial charge in [-0.2, -0.15) is 0 Å². The Kier molecular flexibility index (Phi) is 4.70. The van der Waals surface area contributed by atoms with Crippen molar-refractivity contribution < 1.29 is 4.79 Å². The maximum atomic E-state index is 12.0. The molecule has 4 heteroatoms. The Labute approximate surface area is 109 Å². The van der Waals surface area contributed by atoms with Gasteiger partial charge in [0, 0.05) is 44.5 Å². The first kappa shape index (κ1) is 13.0. The number of hydrogen-bond acceptors (Lipinski definition) is 3. The predicted molar refractivity (Wildman–Crippen MR) is 71.3 cm³/mol. The van der Waals surface area contributed by atoms with Gasteiger partial charge in [0.2, 0.25) is 5.91 Å². The Hall–Kier alpha value is -1.42. The molecule has 2 heterocycles. The average molecular weight is 247 g/mol. The third kappa shape index (κ3) is 3.53. The Morgan fingerprint density at radius 1 is 1.28 bits per heavy atom. The number of carbonyl (C=O) groups excluding carboxylic acids is 1. The first-order valence-electron chi connectivity index (χ1n) is 6.69. The lowest BCUT2D eigenvalue weighted by molar-refractivity contribution is -0.132. The van der Waals surface area contributed by atoms with Crippen LogP contribution in [0.4, 0.5) is 0 Å². The molecule has 1 saturated heterocycles. The zero-order valence-electron chi connectivity index (χ0n) is 11.0. The molecule has 0 saturated carbocycles. The van der Waals surface area contributed by atoms with Crippen molar-refractivity contribution in [2.45, 2.75) is 19.8 Å². The van der Waals surface area contributed by atoms with Crippen molar-refractivity contribution in [1.82, 2.24) is 14.8 Å². The number of aryl methyl sites for hydroxylation is 1. The van der Waals surface area contributed by atoms with Crippen LogP contribution in [0.25, 0.3) is 0 Å². The number of piperazine rings is 1. The van der Waals surface area contributed by atoms with Crippen LogP contribution in [0.2, 0.25) is 0 Å². The third-order valence-electron chi connectivity index (χ3n) is 3.49. The topological polar surface area (TPSA) is 36.4 Å². The third-order valence-corrected chi connectivity index (χ3v) is 3.49.